The Morgan fingerprint density at radius 3 is 2.42 bits per heavy atom. The molecule has 0 fully saturated rings. The second-order valence-electron chi connectivity index (χ2n) is 8.05. The van der Waals surface area contributed by atoms with E-state index >= 15 is 0 Å². The minimum absolute atomic E-state index is 0.0595. The highest BCUT2D eigenvalue weighted by molar-refractivity contribution is 6.56. The van der Waals surface area contributed by atoms with E-state index in [9.17, 15) is 14.7 Å². The monoisotopic (exact) mass is 414 g/mol. The Morgan fingerprint density at radius 1 is 1.03 bits per heavy atom. The number of nitrogens with zero attached hydrogens (tertiary/aromatic N) is 2. The third-order valence-corrected chi connectivity index (χ3v) is 6.05. The number of benzene rings is 3. The van der Waals surface area contributed by atoms with E-state index in [1.165, 1.54) is 16.2 Å². The summed E-state index contributed by atoms with van der Waals surface area (Å²) in [7, 11) is 0.919. The van der Waals surface area contributed by atoms with Gasteiger partial charge in [-0.1, -0.05) is 74.2 Å². The van der Waals surface area contributed by atoms with Crippen LogP contribution in [0.5, 0.6) is 0 Å². The van der Waals surface area contributed by atoms with Gasteiger partial charge in [0.2, 0.25) is 0 Å². The lowest BCUT2D eigenvalue weighted by molar-refractivity contribution is -0.137. The fourth-order valence-corrected chi connectivity index (χ4v) is 4.69. The Morgan fingerprint density at radius 2 is 1.74 bits per heavy atom. The molecule has 0 aliphatic heterocycles. The van der Waals surface area contributed by atoms with Gasteiger partial charge in [-0.3, -0.25) is 13.9 Å². The van der Waals surface area contributed by atoms with Crippen molar-refractivity contribution in [1.82, 2.24) is 9.13 Å². The molecule has 1 aromatic heterocycles. The number of fused-ring (bicyclic) bond motifs is 2. The Balaban J connectivity index is 1.91. The van der Waals surface area contributed by atoms with E-state index in [4.69, 9.17) is 0 Å². The first kappa shape index (κ1) is 21.0. The molecule has 158 valence electrons. The zero-order valence-electron chi connectivity index (χ0n) is 18.0. The van der Waals surface area contributed by atoms with Crippen LogP contribution in [-0.4, -0.2) is 27.5 Å². The number of carbonyl (C=O) groups is 1. The molecule has 0 aliphatic rings. The largest absolute Gasteiger partial charge is 0.481 e. The van der Waals surface area contributed by atoms with Crippen LogP contribution in [0.25, 0.3) is 21.8 Å². The van der Waals surface area contributed by atoms with Crippen LogP contribution in [0.4, 0.5) is 0 Å². The van der Waals surface area contributed by atoms with Gasteiger partial charge in [-0.2, -0.15) is 0 Å². The van der Waals surface area contributed by atoms with Crippen molar-refractivity contribution in [3.8, 4) is 0 Å². The van der Waals surface area contributed by atoms with E-state index in [0.717, 1.165) is 30.3 Å². The molecule has 31 heavy (non-hydrogen) atoms. The molecule has 0 saturated carbocycles. The Hall–Kier alpha value is -3.28. The molecule has 1 N–H and O–H groups in total. The third-order valence-electron chi connectivity index (χ3n) is 6.05. The van der Waals surface area contributed by atoms with Gasteiger partial charge in [-0.25, -0.2) is 4.79 Å². The number of aromatic nitrogens is 2. The summed E-state index contributed by atoms with van der Waals surface area (Å²) in [4.78, 5) is 25.1. The molecule has 4 rings (SSSR count). The maximum atomic E-state index is 13.6. The van der Waals surface area contributed by atoms with Crippen molar-refractivity contribution in [2.45, 2.75) is 45.6 Å². The molecule has 0 aliphatic carbocycles. The van der Waals surface area contributed by atoms with E-state index in [1.54, 1.807) is 9.13 Å². The van der Waals surface area contributed by atoms with Gasteiger partial charge in [0.1, 0.15) is 0 Å². The molecular weight excluding hydrogens is 387 g/mol. The molecule has 0 amide bonds. The average Bonchev–Trinajstić information content (AvgIpc) is 3.04. The lowest BCUT2D eigenvalue weighted by Crippen LogP contribution is -2.29. The number of hydrogen-bond donors (Lipinski definition) is 1. The van der Waals surface area contributed by atoms with Crippen LogP contribution in [0.1, 0.15) is 37.8 Å². The molecule has 0 saturated heterocycles. The molecule has 4 aromatic rings. The number of para-hydroxylation sites is 2. The zero-order valence-corrected chi connectivity index (χ0v) is 18.0. The number of carboxylic acid groups (broad SMARTS) is 1. The minimum Gasteiger partial charge on any atom is -0.481 e. The lowest BCUT2D eigenvalue weighted by atomic mass is 9.70. The standard InChI is InChI=1S/C25H27BN2O3/c1-3-8-19(15-23(29)30)28-22-14-5-4-13-21(22)27(25(28)31)16-18-11-6-9-17-10-7-12-20(26-2)24(17)18/h4-7,9-14,19,26H,3,8,15-16H2,1-2H3,(H,29,30). The van der Waals surface area contributed by atoms with Gasteiger partial charge >= 0.3 is 11.7 Å². The van der Waals surface area contributed by atoms with Crippen molar-refractivity contribution in [1.29, 1.82) is 0 Å². The molecular formula is C25H27BN2O3. The van der Waals surface area contributed by atoms with Crippen molar-refractivity contribution in [3.63, 3.8) is 0 Å². The van der Waals surface area contributed by atoms with Gasteiger partial charge in [0.05, 0.1) is 24.0 Å². The van der Waals surface area contributed by atoms with E-state index in [2.05, 4.69) is 37.2 Å². The van der Waals surface area contributed by atoms with Gasteiger partial charge in [0.15, 0.2) is 7.28 Å². The van der Waals surface area contributed by atoms with Crippen LogP contribution in [0.15, 0.2) is 65.5 Å². The molecule has 3 aromatic carbocycles. The molecule has 5 nitrogen and oxygen atoms in total. The first-order valence-electron chi connectivity index (χ1n) is 11.0. The molecule has 0 spiro atoms. The van der Waals surface area contributed by atoms with E-state index < -0.39 is 5.97 Å². The maximum Gasteiger partial charge on any atom is 0.329 e. The summed E-state index contributed by atoms with van der Waals surface area (Å²) in [5, 5.41) is 11.8. The molecule has 0 radical (unpaired) electrons. The first-order valence-corrected chi connectivity index (χ1v) is 11.0. The molecule has 0 bridgehead atoms. The van der Waals surface area contributed by atoms with Crippen LogP contribution >= 0.6 is 0 Å². The third kappa shape index (κ3) is 3.90. The second-order valence-corrected chi connectivity index (χ2v) is 8.05. The van der Waals surface area contributed by atoms with E-state index in [-0.39, 0.29) is 18.2 Å². The molecule has 1 atom stereocenters. The van der Waals surface area contributed by atoms with Crippen molar-refractivity contribution in [2.24, 2.45) is 0 Å². The maximum absolute atomic E-state index is 13.6. The number of carboxylic acids is 1. The predicted octanol–water partition coefficient (Wildman–Crippen LogP) is 3.93. The summed E-state index contributed by atoms with van der Waals surface area (Å²) in [5.41, 5.74) is 3.85. The molecule has 6 heteroatoms. The summed E-state index contributed by atoms with van der Waals surface area (Å²) in [6.45, 7) is 4.61. The van der Waals surface area contributed by atoms with Crippen molar-refractivity contribution in [3.05, 3.63) is 76.7 Å². The normalized spacial score (nSPS) is 12.3. The highest BCUT2D eigenvalue weighted by Crippen LogP contribution is 2.25. The van der Waals surface area contributed by atoms with Crippen LogP contribution in [0.3, 0.4) is 0 Å². The summed E-state index contributed by atoms with van der Waals surface area (Å²) in [6.07, 6.45) is 1.40. The zero-order chi connectivity index (χ0) is 22.0. The van der Waals surface area contributed by atoms with Crippen LogP contribution < -0.4 is 11.2 Å². The van der Waals surface area contributed by atoms with Crippen molar-refractivity contribution in [2.75, 3.05) is 0 Å². The SMILES string of the molecule is CBc1cccc2cccc(Cn3c(=O)n(C(CCC)CC(=O)O)c4ccccc43)c12. The second kappa shape index (κ2) is 8.84. The molecule has 1 heterocycles. The number of aliphatic carboxylic acids is 1. The lowest BCUT2D eigenvalue weighted by Gasteiger charge is -2.16. The van der Waals surface area contributed by atoms with Crippen LogP contribution in [0, 0.1) is 0 Å². The summed E-state index contributed by atoms with van der Waals surface area (Å²) in [6, 6.07) is 19.9. The Bertz CT molecular complexity index is 1300. The van der Waals surface area contributed by atoms with Gasteiger partial charge in [0, 0.05) is 6.04 Å². The summed E-state index contributed by atoms with van der Waals surface area (Å²) < 4.78 is 3.49. The Kier molecular flexibility index (Phi) is 5.98. The summed E-state index contributed by atoms with van der Waals surface area (Å²) in [5.74, 6) is -0.885. The van der Waals surface area contributed by atoms with Crippen LogP contribution in [-0.2, 0) is 11.3 Å². The quantitative estimate of drug-likeness (QED) is 0.445. The first-order chi connectivity index (χ1) is 15.0. The predicted molar refractivity (Wildman–Crippen MR) is 128 cm³/mol. The highest BCUT2D eigenvalue weighted by atomic mass is 16.4. The van der Waals surface area contributed by atoms with Gasteiger partial charge < -0.3 is 5.11 Å². The number of imidazole rings is 1. The summed E-state index contributed by atoms with van der Waals surface area (Å²) >= 11 is 0. The fourth-order valence-electron chi connectivity index (χ4n) is 4.69. The smallest absolute Gasteiger partial charge is 0.329 e. The van der Waals surface area contributed by atoms with Crippen LogP contribution in [0.2, 0.25) is 6.82 Å². The van der Waals surface area contributed by atoms with Crippen molar-refractivity contribution >= 4 is 40.5 Å². The number of rotatable bonds is 8. The van der Waals surface area contributed by atoms with Crippen molar-refractivity contribution < 1.29 is 9.90 Å². The van der Waals surface area contributed by atoms with Gasteiger partial charge in [0.25, 0.3) is 0 Å². The highest BCUT2D eigenvalue weighted by Gasteiger charge is 2.22. The van der Waals surface area contributed by atoms with E-state index in [1.807, 2.05) is 37.3 Å². The average molecular weight is 414 g/mol. The van der Waals surface area contributed by atoms with E-state index in [0.29, 0.717) is 13.0 Å². The minimum atomic E-state index is -0.885. The fraction of sp³-hybridized carbons (Fsp3) is 0.280. The Labute approximate surface area is 182 Å². The molecule has 1 unspecified atom stereocenters. The topological polar surface area (TPSA) is 64.2 Å². The number of hydrogen-bond acceptors (Lipinski definition) is 2. The van der Waals surface area contributed by atoms with Gasteiger partial charge in [-0.05, 0) is 34.9 Å². The van der Waals surface area contributed by atoms with Gasteiger partial charge in [-0.15, -0.1) is 0 Å².